The number of ketones is 1. The standard InChI is InChI=1S/C20H16N2OS/c23-16-6-1-5-14-19(16)20(17-7-3-11-24-17)18-12-4-2-10-21-13(12)8-9-15(18)22-14/h2-4,7-11,20,22H,1,5-6H2/t20-/m0/s1. The highest BCUT2D eigenvalue weighted by molar-refractivity contribution is 7.10. The fourth-order valence-electron chi connectivity index (χ4n) is 3.97. The van der Waals surface area contributed by atoms with E-state index in [1.807, 2.05) is 12.3 Å². The molecule has 118 valence electrons. The zero-order valence-electron chi connectivity index (χ0n) is 13.1. The van der Waals surface area contributed by atoms with Crippen LogP contribution >= 0.6 is 11.3 Å². The van der Waals surface area contributed by atoms with E-state index in [0.29, 0.717) is 6.42 Å². The molecule has 0 saturated heterocycles. The lowest BCUT2D eigenvalue weighted by Gasteiger charge is -2.34. The van der Waals surface area contributed by atoms with Crippen LogP contribution in [0, 0.1) is 0 Å². The molecule has 0 saturated carbocycles. The molecule has 3 nitrogen and oxygen atoms in total. The highest BCUT2D eigenvalue weighted by Gasteiger charge is 2.36. The Morgan fingerprint density at radius 3 is 2.96 bits per heavy atom. The molecule has 0 amide bonds. The van der Waals surface area contributed by atoms with E-state index < -0.39 is 0 Å². The molecule has 0 unspecified atom stereocenters. The van der Waals surface area contributed by atoms with Crippen LogP contribution in [-0.2, 0) is 4.79 Å². The molecule has 1 aliphatic heterocycles. The molecular weight excluding hydrogens is 316 g/mol. The second kappa shape index (κ2) is 5.28. The van der Waals surface area contributed by atoms with E-state index in [1.165, 1.54) is 10.4 Å². The first-order valence-corrected chi connectivity index (χ1v) is 9.15. The van der Waals surface area contributed by atoms with Gasteiger partial charge in [0.05, 0.1) is 11.4 Å². The Morgan fingerprint density at radius 1 is 1.12 bits per heavy atom. The molecule has 1 atom stereocenters. The minimum atomic E-state index is 0.0250. The number of benzene rings is 1. The van der Waals surface area contributed by atoms with Gasteiger partial charge in [-0.1, -0.05) is 12.1 Å². The monoisotopic (exact) mass is 332 g/mol. The van der Waals surface area contributed by atoms with Crippen LogP contribution in [-0.4, -0.2) is 10.8 Å². The summed E-state index contributed by atoms with van der Waals surface area (Å²) in [6, 6.07) is 12.5. The highest BCUT2D eigenvalue weighted by atomic mass is 32.1. The summed E-state index contributed by atoms with van der Waals surface area (Å²) in [5, 5.41) is 6.77. The van der Waals surface area contributed by atoms with Crippen molar-refractivity contribution in [2.24, 2.45) is 0 Å². The van der Waals surface area contributed by atoms with Crippen molar-refractivity contribution in [2.75, 3.05) is 5.32 Å². The largest absolute Gasteiger partial charge is 0.358 e. The number of anilines is 1. The van der Waals surface area contributed by atoms with Crippen molar-refractivity contribution in [3.63, 3.8) is 0 Å². The maximum Gasteiger partial charge on any atom is 0.161 e. The minimum Gasteiger partial charge on any atom is -0.358 e. The van der Waals surface area contributed by atoms with Gasteiger partial charge in [0.15, 0.2) is 5.78 Å². The van der Waals surface area contributed by atoms with Crippen LogP contribution in [0.5, 0.6) is 0 Å². The summed E-state index contributed by atoms with van der Waals surface area (Å²) in [6.45, 7) is 0. The van der Waals surface area contributed by atoms with Crippen molar-refractivity contribution in [2.45, 2.75) is 25.2 Å². The van der Waals surface area contributed by atoms with Crippen LogP contribution in [0.1, 0.15) is 35.6 Å². The number of nitrogens with one attached hydrogen (secondary N) is 1. The number of hydrogen-bond acceptors (Lipinski definition) is 4. The molecule has 3 aromatic rings. The fourth-order valence-corrected chi connectivity index (χ4v) is 4.81. The Kier molecular flexibility index (Phi) is 3.06. The normalized spacial score (nSPS) is 19.8. The number of carbonyl (C=O) groups excluding carboxylic acids is 1. The van der Waals surface area contributed by atoms with E-state index in [0.717, 1.165) is 40.7 Å². The molecule has 3 heterocycles. The third-order valence-corrected chi connectivity index (χ3v) is 5.91. The summed E-state index contributed by atoms with van der Waals surface area (Å²) in [7, 11) is 0. The molecule has 0 spiro atoms. The van der Waals surface area contributed by atoms with Gasteiger partial charge in [-0.2, -0.15) is 0 Å². The van der Waals surface area contributed by atoms with E-state index in [4.69, 9.17) is 0 Å². The third kappa shape index (κ3) is 1.96. The van der Waals surface area contributed by atoms with Crippen molar-refractivity contribution in [1.82, 2.24) is 4.98 Å². The minimum absolute atomic E-state index is 0.0250. The summed E-state index contributed by atoms with van der Waals surface area (Å²) in [5.41, 5.74) is 5.36. The molecule has 2 aromatic heterocycles. The van der Waals surface area contributed by atoms with Gasteiger partial charge in [0, 0.05) is 39.8 Å². The van der Waals surface area contributed by atoms with E-state index >= 15 is 0 Å². The number of thiophene rings is 1. The Balaban J connectivity index is 1.85. The van der Waals surface area contributed by atoms with Crippen molar-refractivity contribution in [1.29, 1.82) is 0 Å². The zero-order valence-corrected chi connectivity index (χ0v) is 13.9. The molecule has 24 heavy (non-hydrogen) atoms. The molecule has 0 radical (unpaired) electrons. The third-order valence-electron chi connectivity index (χ3n) is 4.97. The number of fused-ring (bicyclic) bond motifs is 3. The van der Waals surface area contributed by atoms with Crippen LogP contribution in [0.3, 0.4) is 0 Å². The number of nitrogens with zero attached hydrogens (tertiary/aromatic N) is 1. The smallest absolute Gasteiger partial charge is 0.161 e. The molecular formula is C20H16N2OS. The first-order valence-electron chi connectivity index (χ1n) is 8.27. The average Bonchev–Trinajstić information content (AvgIpc) is 3.14. The Hall–Kier alpha value is -2.46. The summed E-state index contributed by atoms with van der Waals surface area (Å²) >= 11 is 1.72. The molecule has 2 aliphatic rings. The number of hydrogen-bond donors (Lipinski definition) is 1. The quantitative estimate of drug-likeness (QED) is 0.692. The van der Waals surface area contributed by atoms with Crippen molar-refractivity contribution in [3.05, 3.63) is 69.7 Å². The van der Waals surface area contributed by atoms with Gasteiger partial charge in [-0.3, -0.25) is 9.78 Å². The number of Topliss-reactive ketones (excluding diaryl/α,β-unsaturated/α-hetero) is 1. The molecule has 5 rings (SSSR count). The Bertz CT molecular complexity index is 988. The Labute approximate surface area is 144 Å². The lowest BCUT2D eigenvalue weighted by atomic mass is 9.77. The van der Waals surface area contributed by atoms with Crippen molar-refractivity contribution >= 4 is 33.7 Å². The van der Waals surface area contributed by atoms with Crippen LogP contribution in [0.15, 0.2) is 59.2 Å². The SMILES string of the molecule is O=C1CCCC2=C1[C@@H](c1cccs1)c1c(ccc3ncccc13)N2. The average molecular weight is 332 g/mol. The molecule has 1 aliphatic carbocycles. The lowest BCUT2D eigenvalue weighted by Crippen LogP contribution is -2.26. The maximum absolute atomic E-state index is 12.8. The Morgan fingerprint density at radius 2 is 2.08 bits per heavy atom. The van der Waals surface area contributed by atoms with Crippen LogP contribution in [0.2, 0.25) is 0 Å². The van der Waals surface area contributed by atoms with Crippen molar-refractivity contribution in [3.8, 4) is 0 Å². The van der Waals surface area contributed by atoms with Crippen LogP contribution in [0.4, 0.5) is 5.69 Å². The van der Waals surface area contributed by atoms with E-state index in [1.54, 1.807) is 11.3 Å². The van der Waals surface area contributed by atoms with Gasteiger partial charge in [0.1, 0.15) is 0 Å². The maximum atomic E-state index is 12.8. The van der Waals surface area contributed by atoms with Gasteiger partial charge < -0.3 is 5.32 Å². The van der Waals surface area contributed by atoms with Crippen LogP contribution < -0.4 is 5.32 Å². The molecule has 1 N–H and O–H groups in total. The second-order valence-electron chi connectivity index (χ2n) is 6.34. The fraction of sp³-hybridized carbons (Fsp3) is 0.200. The van der Waals surface area contributed by atoms with Gasteiger partial charge in [-0.25, -0.2) is 0 Å². The van der Waals surface area contributed by atoms with E-state index in [9.17, 15) is 4.79 Å². The van der Waals surface area contributed by atoms with Crippen molar-refractivity contribution < 1.29 is 4.79 Å². The zero-order chi connectivity index (χ0) is 16.1. The summed E-state index contributed by atoms with van der Waals surface area (Å²) in [5.74, 6) is 0.311. The summed E-state index contributed by atoms with van der Waals surface area (Å²) in [4.78, 5) is 18.5. The van der Waals surface area contributed by atoms with Gasteiger partial charge in [0.2, 0.25) is 0 Å². The first kappa shape index (κ1) is 13.9. The second-order valence-corrected chi connectivity index (χ2v) is 7.32. The molecule has 0 bridgehead atoms. The number of allylic oxidation sites excluding steroid dienone is 2. The number of rotatable bonds is 1. The first-order chi connectivity index (χ1) is 11.8. The topological polar surface area (TPSA) is 42.0 Å². The molecule has 1 aromatic carbocycles. The van der Waals surface area contributed by atoms with Gasteiger partial charge in [0.25, 0.3) is 0 Å². The van der Waals surface area contributed by atoms with E-state index in [-0.39, 0.29) is 11.7 Å². The molecule has 4 heteroatoms. The number of carbonyl (C=O) groups is 1. The lowest BCUT2D eigenvalue weighted by molar-refractivity contribution is -0.116. The summed E-state index contributed by atoms with van der Waals surface area (Å²) < 4.78 is 0. The molecule has 0 fully saturated rings. The van der Waals surface area contributed by atoms with Gasteiger partial charge in [-0.15, -0.1) is 11.3 Å². The highest BCUT2D eigenvalue weighted by Crippen LogP contribution is 2.48. The van der Waals surface area contributed by atoms with Crippen LogP contribution in [0.25, 0.3) is 10.9 Å². The predicted octanol–water partition coefficient (Wildman–Crippen LogP) is 4.86. The van der Waals surface area contributed by atoms with E-state index in [2.05, 4.69) is 46.0 Å². The number of pyridine rings is 1. The predicted molar refractivity (Wildman–Crippen MR) is 97.4 cm³/mol. The van der Waals surface area contributed by atoms with Gasteiger partial charge >= 0.3 is 0 Å². The van der Waals surface area contributed by atoms with Gasteiger partial charge in [-0.05, 0) is 48.1 Å². The summed E-state index contributed by atoms with van der Waals surface area (Å²) in [6.07, 6.45) is 4.36. The number of aromatic nitrogens is 1.